The highest BCUT2D eigenvalue weighted by Crippen LogP contribution is 2.21. The van der Waals surface area contributed by atoms with Crippen LogP contribution in [0.2, 0.25) is 5.02 Å². The van der Waals surface area contributed by atoms with Gasteiger partial charge in [0.1, 0.15) is 0 Å². The molecule has 2 aromatic carbocycles. The summed E-state index contributed by atoms with van der Waals surface area (Å²) in [5.41, 5.74) is 5.57. The molecule has 1 saturated heterocycles. The molecule has 0 unspecified atom stereocenters. The molecule has 2 amide bonds. The van der Waals surface area contributed by atoms with Crippen molar-refractivity contribution in [2.75, 3.05) is 13.1 Å². The molecule has 0 spiro atoms. The van der Waals surface area contributed by atoms with Crippen LogP contribution in [0.25, 0.3) is 0 Å². The standard InChI is InChI=1S/C21H24ClN3O4S/c22-18-10-8-16(9-11-18)14-20(26)23-24-21(27)17-6-5-7-19(15-17)30(28,29)25-12-3-1-2-4-13-25/h5-11,15H,1-4,12-14H2,(H,23,26)(H,24,27). The highest BCUT2D eigenvalue weighted by molar-refractivity contribution is 7.89. The minimum absolute atomic E-state index is 0.0703. The third-order valence-corrected chi connectivity index (χ3v) is 7.04. The number of rotatable bonds is 5. The second-order valence-corrected chi connectivity index (χ2v) is 9.53. The number of hydrazine groups is 1. The highest BCUT2D eigenvalue weighted by atomic mass is 35.5. The zero-order valence-electron chi connectivity index (χ0n) is 16.4. The van der Waals surface area contributed by atoms with Crippen molar-refractivity contribution in [3.05, 3.63) is 64.7 Å². The lowest BCUT2D eigenvalue weighted by Crippen LogP contribution is -2.42. The Hall–Kier alpha value is -2.42. The fourth-order valence-corrected chi connectivity index (χ4v) is 4.95. The van der Waals surface area contributed by atoms with Gasteiger partial charge >= 0.3 is 0 Å². The van der Waals surface area contributed by atoms with Gasteiger partial charge in [-0.2, -0.15) is 4.31 Å². The Kier molecular flexibility index (Phi) is 7.47. The summed E-state index contributed by atoms with van der Waals surface area (Å²) in [5, 5.41) is 0.572. The Bertz CT molecular complexity index is 1000. The van der Waals surface area contributed by atoms with Crippen LogP contribution in [0.15, 0.2) is 53.4 Å². The number of carbonyl (C=O) groups excluding carboxylic acids is 2. The molecule has 1 aliphatic rings. The fraction of sp³-hybridized carbons (Fsp3) is 0.333. The van der Waals surface area contributed by atoms with Gasteiger partial charge in [0.25, 0.3) is 5.91 Å². The molecule has 0 bridgehead atoms. The molecule has 1 fully saturated rings. The Morgan fingerprint density at radius 3 is 2.27 bits per heavy atom. The monoisotopic (exact) mass is 449 g/mol. The smallest absolute Gasteiger partial charge is 0.269 e. The van der Waals surface area contributed by atoms with Crippen molar-refractivity contribution >= 4 is 33.4 Å². The number of amides is 2. The van der Waals surface area contributed by atoms with Gasteiger partial charge in [-0.3, -0.25) is 20.4 Å². The first-order chi connectivity index (χ1) is 14.4. The molecular formula is C21H24ClN3O4S. The molecule has 160 valence electrons. The van der Waals surface area contributed by atoms with E-state index in [0.29, 0.717) is 18.1 Å². The number of nitrogens with one attached hydrogen (secondary N) is 2. The minimum Gasteiger partial charge on any atom is -0.273 e. The summed E-state index contributed by atoms with van der Waals surface area (Å²) in [4.78, 5) is 24.5. The van der Waals surface area contributed by atoms with Gasteiger partial charge in [0, 0.05) is 23.7 Å². The molecule has 2 aromatic rings. The summed E-state index contributed by atoms with van der Waals surface area (Å²) in [6.45, 7) is 0.971. The maximum absolute atomic E-state index is 12.9. The van der Waals surface area contributed by atoms with Crippen LogP contribution < -0.4 is 10.9 Å². The van der Waals surface area contributed by atoms with Gasteiger partial charge in [-0.15, -0.1) is 0 Å². The molecule has 0 saturated carbocycles. The SMILES string of the molecule is O=C(Cc1ccc(Cl)cc1)NNC(=O)c1cccc(S(=O)(=O)N2CCCCCC2)c1. The van der Waals surface area contributed by atoms with E-state index in [2.05, 4.69) is 10.9 Å². The molecule has 3 rings (SSSR count). The summed E-state index contributed by atoms with van der Waals surface area (Å²) in [5.74, 6) is -0.994. The largest absolute Gasteiger partial charge is 0.273 e. The number of halogens is 1. The lowest BCUT2D eigenvalue weighted by atomic mass is 10.1. The highest BCUT2D eigenvalue weighted by Gasteiger charge is 2.25. The van der Waals surface area contributed by atoms with Crippen molar-refractivity contribution in [2.45, 2.75) is 37.0 Å². The Balaban J connectivity index is 1.62. The first kappa shape index (κ1) is 22.3. The quantitative estimate of drug-likeness (QED) is 0.686. The zero-order chi connectivity index (χ0) is 21.6. The predicted octanol–water partition coefficient (Wildman–Crippen LogP) is 2.91. The lowest BCUT2D eigenvalue weighted by molar-refractivity contribution is -0.121. The number of hydrogen-bond acceptors (Lipinski definition) is 4. The second kappa shape index (κ2) is 10.1. The van der Waals surface area contributed by atoms with Crippen molar-refractivity contribution in [2.24, 2.45) is 0 Å². The zero-order valence-corrected chi connectivity index (χ0v) is 18.0. The normalized spacial score (nSPS) is 15.2. The van der Waals surface area contributed by atoms with Gasteiger partial charge in [0.05, 0.1) is 11.3 Å². The van der Waals surface area contributed by atoms with Crippen LogP contribution in [0, 0.1) is 0 Å². The van der Waals surface area contributed by atoms with Crippen LogP contribution in [0.5, 0.6) is 0 Å². The van der Waals surface area contributed by atoms with Crippen LogP contribution in [0.4, 0.5) is 0 Å². The number of nitrogens with zero attached hydrogens (tertiary/aromatic N) is 1. The van der Waals surface area contributed by atoms with E-state index in [0.717, 1.165) is 31.2 Å². The van der Waals surface area contributed by atoms with Gasteiger partial charge in [0.15, 0.2) is 0 Å². The van der Waals surface area contributed by atoms with Crippen LogP contribution >= 0.6 is 11.6 Å². The van der Waals surface area contributed by atoms with Crippen molar-refractivity contribution in [1.29, 1.82) is 0 Å². The molecule has 2 N–H and O–H groups in total. The van der Waals surface area contributed by atoms with E-state index in [9.17, 15) is 18.0 Å². The fourth-order valence-electron chi connectivity index (χ4n) is 3.26. The number of carbonyl (C=O) groups is 2. The van der Waals surface area contributed by atoms with Crippen LogP contribution in [-0.4, -0.2) is 37.6 Å². The number of hydrogen-bond donors (Lipinski definition) is 2. The van der Waals surface area contributed by atoms with Crippen LogP contribution in [-0.2, 0) is 21.2 Å². The van der Waals surface area contributed by atoms with Crippen molar-refractivity contribution in [1.82, 2.24) is 15.2 Å². The van der Waals surface area contributed by atoms with E-state index < -0.39 is 21.8 Å². The summed E-state index contributed by atoms with van der Waals surface area (Å²) in [6, 6.07) is 12.6. The van der Waals surface area contributed by atoms with Crippen LogP contribution in [0.3, 0.4) is 0 Å². The predicted molar refractivity (Wildman–Crippen MR) is 114 cm³/mol. The molecule has 30 heavy (non-hydrogen) atoms. The molecule has 1 aliphatic heterocycles. The summed E-state index contributed by atoms with van der Waals surface area (Å²) < 4.78 is 27.3. The van der Waals surface area contributed by atoms with E-state index in [4.69, 9.17) is 11.6 Å². The first-order valence-electron chi connectivity index (χ1n) is 9.80. The van der Waals surface area contributed by atoms with Crippen molar-refractivity contribution in [3.63, 3.8) is 0 Å². The Morgan fingerprint density at radius 1 is 0.933 bits per heavy atom. The second-order valence-electron chi connectivity index (χ2n) is 7.15. The molecule has 9 heteroatoms. The summed E-state index contributed by atoms with van der Waals surface area (Å²) in [7, 11) is -3.66. The van der Waals surface area contributed by atoms with Gasteiger partial charge in [-0.05, 0) is 48.7 Å². The maximum Gasteiger partial charge on any atom is 0.269 e. The molecule has 7 nitrogen and oxygen atoms in total. The molecule has 0 aromatic heterocycles. The molecule has 1 heterocycles. The van der Waals surface area contributed by atoms with Gasteiger partial charge < -0.3 is 0 Å². The van der Waals surface area contributed by atoms with Gasteiger partial charge in [-0.25, -0.2) is 8.42 Å². The van der Waals surface area contributed by atoms with Gasteiger partial charge in [-0.1, -0.05) is 42.6 Å². The molecular weight excluding hydrogens is 426 g/mol. The van der Waals surface area contributed by atoms with E-state index in [1.54, 1.807) is 24.3 Å². The first-order valence-corrected chi connectivity index (χ1v) is 11.6. The van der Waals surface area contributed by atoms with E-state index >= 15 is 0 Å². The number of sulfonamides is 1. The topological polar surface area (TPSA) is 95.6 Å². The average molecular weight is 450 g/mol. The van der Waals surface area contributed by atoms with Crippen molar-refractivity contribution in [3.8, 4) is 0 Å². The average Bonchev–Trinajstić information content (AvgIpc) is 3.04. The van der Waals surface area contributed by atoms with E-state index in [1.807, 2.05) is 0 Å². The van der Waals surface area contributed by atoms with Crippen molar-refractivity contribution < 1.29 is 18.0 Å². The Labute approximate surface area is 181 Å². The van der Waals surface area contributed by atoms with E-state index in [1.165, 1.54) is 28.6 Å². The molecule has 0 atom stereocenters. The summed E-state index contributed by atoms with van der Waals surface area (Å²) >= 11 is 5.82. The number of benzene rings is 2. The minimum atomic E-state index is -3.66. The molecule has 0 radical (unpaired) electrons. The third-order valence-electron chi connectivity index (χ3n) is 4.89. The van der Waals surface area contributed by atoms with E-state index in [-0.39, 0.29) is 16.9 Å². The molecule has 0 aliphatic carbocycles. The summed E-state index contributed by atoms with van der Waals surface area (Å²) in [6.07, 6.45) is 3.77. The third kappa shape index (κ3) is 5.81. The van der Waals surface area contributed by atoms with Crippen LogP contribution in [0.1, 0.15) is 41.6 Å². The maximum atomic E-state index is 12.9. The van der Waals surface area contributed by atoms with Gasteiger partial charge in [0.2, 0.25) is 15.9 Å². The Morgan fingerprint density at radius 2 is 1.60 bits per heavy atom. The lowest BCUT2D eigenvalue weighted by Gasteiger charge is -2.20.